The number of rotatable bonds is 4. The second kappa shape index (κ2) is 6.71. The third kappa shape index (κ3) is 3.19. The summed E-state index contributed by atoms with van der Waals surface area (Å²) in [4.78, 5) is 25.7. The molecule has 0 aliphatic carbocycles. The van der Waals surface area contributed by atoms with Crippen molar-refractivity contribution >= 4 is 35.2 Å². The monoisotopic (exact) mass is 327 g/mol. The molecule has 4 nitrogen and oxygen atoms in total. The highest BCUT2D eigenvalue weighted by atomic mass is 35.5. The standard InChI is InChI=1S/C15H18ClNO3S/c1-3-5-13-17(12(8-21-13)15(19)20)14(18)10-6-4-7-11(16)9(10)2/h4,6-7,12-13H,3,5,8H2,1-2H3,(H,19,20). The van der Waals surface area contributed by atoms with Crippen LogP contribution in [0.3, 0.4) is 0 Å². The van der Waals surface area contributed by atoms with Gasteiger partial charge in [0.15, 0.2) is 0 Å². The number of hydrogen-bond donors (Lipinski definition) is 1. The van der Waals surface area contributed by atoms with E-state index < -0.39 is 12.0 Å². The fourth-order valence-electron chi connectivity index (χ4n) is 2.47. The first-order valence-electron chi connectivity index (χ1n) is 6.89. The predicted octanol–water partition coefficient (Wildman–Crippen LogP) is 3.42. The van der Waals surface area contributed by atoms with Crippen LogP contribution in [0, 0.1) is 6.92 Å². The van der Waals surface area contributed by atoms with Gasteiger partial charge in [-0.05, 0) is 31.0 Å². The Kier molecular flexibility index (Phi) is 5.17. The number of carbonyl (C=O) groups excluding carboxylic acids is 1. The van der Waals surface area contributed by atoms with Crippen LogP contribution in [0.25, 0.3) is 0 Å². The van der Waals surface area contributed by atoms with Gasteiger partial charge in [0, 0.05) is 16.3 Å². The normalized spacial score (nSPS) is 21.6. The first-order valence-corrected chi connectivity index (χ1v) is 8.32. The molecule has 2 rings (SSSR count). The molecule has 1 amide bonds. The van der Waals surface area contributed by atoms with Crippen LogP contribution in [-0.2, 0) is 4.79 Å². The number of thioether (sulfide) groups is 1. The maximum absolute atomic E-state index is 12.8. The molecule has 1 heterocycles. The predicted molar refractivity (Wildman–Crippen MR) is 84.9 cm³/mol. The SMILES string of the molecule is CCCC1SCC(C(=O)O)N1C(=O)c1cccc(Cl)c1C. The molecule has 1 fully saturated rings. The van der Waals surface area contributed by atoms with E-state index in [4.69, 9.17) is 11.6 Å². The number of carbonyl (C=O) groups is 2. The lowest BCUT2D eigenvalue weighted by molar-refractivity contribution is -0.141. The second-order valence-corrected chi connectivity index (χ2v) is 6.67. The molecule has 2 atom stereocenters. The Morgan fingerprint density at radius 3 is 2.81 bits per heavy atom. The molecule has 1 aliphatic rings. The summed E-state index contributed by atoms with van der Waals surface area (Å²) < 4.78 is 0. The van der Waals surface area contributed by atoms with E-state index in [9.17, 15) is 14.7 Å². The van der Waals surface area contributed by atoms with Crippen molar-refractivity contribution in [3.05, 3.63) is 34.3 Å². The topological polar surface area (TPSA) is 57.6 Å². The molecular formula is C15H18ClNO3S. The quantitative estimate of drug-likeness (QED) is 0.920. The highest BCUT2D eigenvalue weighted by molar-refractivity contribution is 8.00. The van der Waals surface area contributed by atoms with E-state index in [-0.39, 0.29) is 11.3 Å². The van der Waals surface area contributed by atoms with Gasteiger partial charge in [-0.1, -0.05) is 31.0 Å². The van der Waals surface area contributed by atoms with Gasteiger partial charge in [0.2, 0.25) is 0 Å². The van der Waals surface area contributed by atoms with Crippen molar-refractivity contribution in [1.82, 2.24) is 4.90 Å². The average Bonchev–Trinajstić information content (AvgIpc) is 2.85. The smallest absolute Gasteiger partial charge is 0.327 e. The van der Waals surface area contributed by atoms with Gasteiger partial charge in [0.25, 0.3) is 5.91 Å². The summed E-state index contributed by atoms with van der Waals surface area (Å²) in [5, 5.41) is 9.79. The van der Waals surface area contributed by atoms with Crippen LogP contribution < -0.4 is 0 Å². The molecule has 0 spiro atoms. The van der Waals surface area contributed by atoms with Gasteiger partial charge in [-0.15, -0.1) is 11.8 Å². The molecule has 0 saturated carbocycles. The molecule has 0 bridgehead atoms. The number of hydrogen-bond acceptors (Lipinski definition) is 3. The molecule has 1 aliphatic heterocycles. The zero-order valence-electron chi connectivity index (χ0n) is 12.0. The Balaban J connectivity index is 2.37. The van der Waals surface area contributed by atoms with E-state index in [1.54, 1.807) is 25.1 Å². The number of carboxylic acids is 1. The van der Waals surface area contributed by atoms with Crippen molar-refractivity contribution in [3.8, 4) is 0 Å². The third-order valence-electron chi connectivity index (χ3n) is 3.65. The van der Waals surface area contributed by atoms with Crippen LogP contribution in [0.5, 0.6) is 0 Å². The molecule has 0 radical (unpaired) electrons. The number of nitrogens with zero attached hydrogens (tertiary/aromatic N) is 1. The lowest BCUT2D eigenvalue weighted by Gasteiger charge is -2.28. The van der Waals surface area contributed by atoms with Crippen molar-refractivity contribution in [2.45, 2.75) is 38.1 Å². The Labute approximate surface area is 133 Å². The second-order valence-electron chi connectivity index (χ2n) is 5.06. The first kappa shape index (κ1) is 16.2. The average molecular weight is 328 g/mol. The minimum atomic E-state index is -0.950. The van der Waals surface area contributed by atoms with Crippen molar-refractivity contribution in [3.63, 3.8) is 0 Å². The molecule has 6 heteroatoms. The summed E-state index contributed by atoms with van der Waals surface area (Å²) in [6, 6.07) is 4.38. The highest BCUT2D eigenvalue weighted by Crippen LogP contribution is 2.34. The molecule has 1 N–H and O–H groups in total. The summed E-state index contributed by atoms with van der Waals surface area (Å²) in [5.74, 6) is -0.759. The minimum Gasteiger partial charge on any atom is -0.480 e. The zero-order chi connectivity index (χ0) is 15.6. The summed E-state index contributed by atoms with van der Waals surface area (Å²) in [5.41, 5.74) is 1.18. The molecular weight excluding hydrogens is 310 g/mol. The van der Waals surface area contributed by atoms with Gasteiger partial charge >= 0.3 is 5.97 Å². The lowest BCUT2D eigenvalue weighted by Crippen LogP contribution is -2.45. The van der Waals surface area contributed by atoms with Gasteiger partial charge in [-0.3, -0.25) is 4.79 Å². The molecule has 2 unspecified atom stereocenters. The first-order chi connectivity index (χ1) is 9.97. The Morgan fingerprint density at radius 1 is 1.48 bits per heavy atom. The van der Waals surface area contributed by atoms with Crippen molar-refractivity contribution < 1.29 is 14.7 Å². The number of benzene rings is 1. The van der Waals surface area contributed by atoms with Crippen LogP contribution in [-0.4, -0.2) is 39.1 Å². The number of aliphatic carboxylic acids is 1. The van der Waals surface area contributed by atoms with E-state index >= 15 is 0 Å². The van der Waals surface area contributed by atoms with E-state index in [2.05, 4.69) is 0 Å². The Morgan fingerprint density at radius 2 is 2.19 bits per heavy atom. The van der Waals surface area contributed by atoms with E-state index in [1.807, 2.05) is 6.92 Å². The van der Waals surface area contributed by atoms with Gasteiger partial charge in [-0.2, -0.15) is 0 Å². The molecule has 1 aromatic rings. The van der Waals surface area contributed by atoms with Gasteiger partial charge in [-0.25, -0.2) is 4.79 Å². The van der Waals surface area contributed by atoms with Crippen molar-refractivity contribution in [1.29, 1.82) is 0 Å². The van der Waals surface area contributed by atoms with Crippen LogP contribution >= 0.6 is 23.4 Å². The van der Waals surface area contributed by atoms with Crippen molar-refractivity contribution in [2.75, 3.05) is 5.75 Å². The number of amides is 1. The fourth-order valence-corrected chi connectivity index (χ4v) is 4.16. The Bertz CT molecular complexity index is 564. The van der Waals surface area contributed by atoms with E-state index in [1.165, 1.54) is 16.7 Å². The fraction of sp³-hybridized carbons (Fsp3) is 0.467. The molecule has 0 aromatic heterocycles. The zero-order valence-corrected chi connectivity index (χ0v) is 13.6. The highest BCUT2D eigenvalue weighted by Gasteiger charge is 2.41. The van der Waals surface area contributed by atoms with Crippen LogP contribution in [0.15, 0.2) is 18.2 Å². The molecule has 21 heavy (non-hydrogen) atoms. The molecule has 114 valence electrons. The lowest BCUT2D eigenvalue weighted by atomic mass is 10.1. The summed E-state index contributed by atoms with van der Waals surface area (Å²) in [6.45, 7) is 3.81. The molecule has 1 saturated heterocycles. The Hall–Kier alpha value is -1.20. The van der Waals surface area contributed by atoms with Gasteiger partial charge in [0.1, 0.15) is 6.04 Å². The van der Waals surface area contributed by atoms with E-state index in [0.29, 0.717) is 21.9 Å². The summed E-state index contributed by atoms with van der Waals surface area (Å²) >= 11 is 7.60. The van der Waals surface area contributed by atoms with Gasteiger partial charge in [0.05, 0.1) is 5.37 Å². The van der Waals surface area contributed by atoms with Gasteiger partial charge < -0.3 is 10.0 Å². The van der Waals surface area contributed by atoms with E-state index in [0.717, 1.165) is 12.8 Å². The maximum atomic E-state index is 12.8. The maximum Gasteiger partial charge on any atom is 0.327 e. The third-order valence-corrected chi connectivity index (χ3v) is 5.41. The van der Waals surface area contributed by atoms with Crippen LogP contribution in [0.1, 0.15) is 35.7 Å². The summed E-state index contributed by atoms with van der Waals surface area (Å²) in [7, 11) is 0. The molecule has 1 aromatic carbocycles. The largest absolute Gasteiger partial charge is 0.480 e. The van der Waals surface area contributed by atoms with Crippen LogP contribution in [0.4, 0.5) is 0 Å². The van der Waals surface area contributed by atoms with Crippen molar-refractivity contribution in [2.24, 2.45) is 0 Å². The number of carboxylic acid groups (broad SMARTS) is 1. The minimum absolute atomic E-state index is 0.0815. The van der Waals surface area contributed by atoms with Crippen LogP contribution in [0.2, 0.25) is 5.02 Å². The summed E-state index contributed by atoms with van der Waals surface area (Å²) in [6.07, 6.45) is 1.70. The number of halogens is 1.